The first kappa shape index (κ1) is 17.7. The van der Waals surface area contributed by atoms with Crippen molar-refractivity contribution in [2.45, 2.75) is 26.7 Å². The Balaban J connectivity index is 1.64. The summed E-state index contributed by atoms with van der Waals surface area (Å²) in [5.41, 5.74) is 3.12. The summed E-state index contributed by atoms with van der Waals surface area (Å²) < 4.78 is 5.38. The molecule has 2 N–H and O–H groups in total. The lowest BCUT2D eigenvalue weighted by molar-refractivity contribution is -0.116. The van der Waals surface area contributed by atoms with E-state index in [0.717, 1.165) is 22.2 Å². The van der Waals surface area contributed by atoms with Crippen molar-refractivity contribution >= 4 is 22.5 Å². The monoisotopic (exact) mass is 350 g/mol. The average molecular weight is 350 g/mol. The second-order valence-electron chi connectivity index (χ2n) is 6.22. The summed E-state index contributed by atoms with van der Waals surface area (Å²) in [6.45, 7) is 4.53. The molecule has 5 heteroatoms. The van der Waals surface area contributed by atoms with Gasteiger partial charge in [0, 0.05) is 23.2 Å². The smallest absolute Gasteiger partial charge is 0.251 e. The number of benzene rings is 2. The standard InChI is InChI=1S/C21H22N2O3/c1-3-26-18-8-6-17(7-9-18)22-20(24)11-5-15-13-16-12-14(2)4-10-19(16)23-21(15)25/h4,6-10,12-13H,3,5,11H2,1-2H3,(H,22,24)(H,23,25). The second kappa shape index (κ2) is 7.87. The second-order valence-corrected chi connectivity index (χ2v) is 6.22. The van der Waals surface area contributed by atoms with Gasteiger partial charge in [-0.3, -0.25) is 9.59 Å². The molecule has 0 aliphatic heterocycles. The van der Waals surface area contributed by atoms with Crippen LogP contribution in [0.5, 0.6) is 5.75 Å². The minimum atomic E-state index is -0.143. The van der Waals surface area contributed by atoms with E-state index < -0.39 is 0 Å². The molecule has 0 unspecified atom stereocenters. The molecule has 1 heterocycles. The van der Waals surface area contributed by atoms with Crippen LogP contribution >= 0.6 is 0 Å². The number of aromatic nitrogens is 1. The molecule has 2 aromatic carbocycles. The predicted molar refractivity (Wildman–Crippen MR) is 104 cm³/mol. The summed E-state index contributed by atoms with van der Waals surface area (Å²) >= 11 is 0. The summed E-state index contributed by atoms with van der Waals surface area (Å²) in [5, 5.41) is 3.82. The van der Waals surface area contributed by atoms with Gasteiger partial charge in [0.05, 0.1) is 6.61 Å². The average Bonchev–Trinajstić information content (AvgIpc) is 2.62. The topological polar surface area (TPSA) is 71.2 Å². The van der Waals surface area contributed by atoms with Gasteiger partial charge in [0.25, 0.3) is 5.56 Å². The third-order valence-electron chi connectivity index (χ3n) is 4.15. The van der Waals surface area contributed by atoms with Crippen LogP contribution in [0, 0.1) is 6.92 Å². The zero-order valence-corrected chi connectivity index (χ0v) is 15.0. The van der Waals surface area contributed by atoms with Crippen LogP contribution in [-0.2, 0) is 11.2 Å². The molecule has 3 aromatic rings. The van der Waals surface area contributed by atoms with E-state index in [1.807, 2.05) is 50.2 Å². The van der Waals surface area contributed by atoms with Crippen LogP contribution < -0.4 is 15.6 Å². The predicted octanol–water partition coefficient (Wildman–Crippen LogP) is 3.81. The van der Waals surface area contributed by atoms with Gasteiger partial charge in [-0.1, -0.05) is 11.6 Å². The van der Waals surface area contributed by atoms with E-state index in [-0.39, 0.29) is 17.9 Å². The van der Waals surface area contributed by atoms with Crippen molar-refractivity contribution in [2.75, 3.05) is 11.9 Å². The van der Waals surface area contributed by atoms with Crippen molar-refractivity contribution in [1.29, 1.82) is 0 Å². The maximum atomic E-state index is 12.2. The highest BCUT2D eigenvalue weighted by atomic mass is 16.5. The van der Waals surface area contributed by atoms with Crippen LogP contribution in [0.1, 0.15) is 24.5 Å². The molecule has 1 aromatic heterocycles. The van der Waals surface area contributed by atoms with E-state index in [2.05, 4.69) is 10.3 Å². The number of carbonyl (C=O) groups excluding carboxylic acids is 1. The molecule has 0 saturated carbocycles. The third kappa shape index (κ3) is 4.30. The molecule has 0 atom stereocenters. The van der Waals surface area contributed by atoms with E-state index >= 15 is 0 Å². The van der Waals surface area contributed by atoms with Crippen LogP contribution in [0.15, 0.2) is 53.3 Å². The number of pyridine rings is 1. The zero-order valence-electron chi connectivity index (χ0n) is 15.0. The van der Waals surface area contributed by atoms with E-state index in [9.17, 15) is 9.59 Å². The van der Waals surface area contributed by atoms with Crippen molar-refractivity contribution in [3.05, 3.63) is 70.0 Å². The molecular weight excluding hydrogens is 328 g/mol. The highest BCUT2D eigenvalue weighted by molar-refractivity contribution is 5.91. The fourth-order valence-corrected chi connectivity index (χ4v) is 2.83. The summed E-state index contributed by atoms with van der Waals surface area (Å²) in [5.74, 6) is 0.640. The van der Waals surface area contributed by atoms with Crippen LogP contribution in [-0.4, -0.2) is 17.5 Å². The number of aryl methyl sites for hydroxylation is 2. The Hall–Kier alpha value is -3.08. The number of hydrogen-bond donors (Lipinski definition) is 2. The zero-order chi connectivity index (χ0) is 18.5. The van der Waals surface area contributed by atoms with Crippen molar-refractivity contribution in [1.82, 2.24) is 4.98 Å². The fraction of sp³-hybridized carbons (Fsp3) is 0.238. The molecule has 0 saturated heterocycles. The summed E-state index contributed by atoms with van der Waals surface area (Å²) in [6, 6.07) is 15.0. The molecule has 0 fully saturated rings. The largest absolute Gasteiger partial charge is 0.494 e. The maximum absolute atomic E-state index is 12.2. The van der Waals surface area contributed by atoms with Crippen LogP contribution in [0.25, 0.3) is 10.9 Å². The molecule has 5 nitrogen and oxygen atoms in total. The van der Waals surface area contributed by atoms with E-state index in [4.69, 9.17) is 4.74 Å². The SMILES string of the molecule is CCOc1ccc(NC(=O)CCc2cc3cc(C)ccc3[nH]c2=O)cc1. The number of hydrogen-bond acceptors (Lipinski definition) is 3. The third-order valence-corrected chi connectivity index (χ3v) is 4.15. The van der Waals surface area contributed by atoms with Crippen molar-refractivity contribution in [3.8, 4) is 5.75 Å². The van der Waals surface area contributed by atoms with E-state index in [0.29, 0.717) is 24.3 Å². The number of fused-ring (bicyclic) bond motifs is 1. The van der Waals surface area contributed by atoms with Gasteiger partial charge in [0.2, 0.25) is 5.91 Å². The van der Waals surface area contributed by atoms with E-state index in [1.165, 1.54) is 0 Å². The molecule has 0 radical (unpaired) electrons. The lowest BCUT2D eigenvalue weighted by atomic mass is 10.1. The molecule has 0 spiro atoms. The van der Waals surface area contributed by atoms with Crippen molar-refractivity contribution in [3.63, 3.8) is 0 Å². The Morgan fingerprint density at radius 3 is 2.62 bits per heavy atom. The molecule has 0 bridgehead atoms. The van der Waals surface area contributed by atoms with Gasteiger partial charge in [-0.2, -0.15) is 0 Å². The number of nitrogens with one attached hydrogen (secondary N) is 2. The van der Waals surface area contributed by atoms with Gasteiger partial charge >= 0.3 is 0 Å². The quantitative estimate of drug-likeness (QED) is 0.710. The molecule has 3 rings (SSSR count). The highest BCUT2D eigenvalue weighted by Crippen LogP contribution is 2.17. The summed E-state index contributed by atoms with van der Waals surface area (Å²) in [4.78, 5) is 27.2. The summed E-state index contributed by atoms with van der Waals surface area (Å²) in [6.07, 6.45) is 0.635. The molecule has 1 amide bonds. The van der Waals surface area contributed by atoms with Gasteiger partial charge in [-0.15, -0.1) is 0 Å². The normalized spacial score (nSPS) is 10.7. The number of carbonyl (C=O) groups is 1. The van der Waals surface area contributed by atoms with Gasteiger partial charge in [-0.05, 0) is 68.1 Å². The van der Waals surface area contributed by atoms with E-state index in [1.54, 1.807) is 12.1 Å². The lowest BCUT2D eigenvalue weighted by Crippen LogP contribution is -2.17. The number of H-pyrrole nitrogens is 1. The van der Waals surface area contributed by atoms with Crippen molar-refractivity contribution < 1.29 is 9.53 Å². The molecule has 134 valence electrons. The molecule has 26 heavy (non-hydrogen) atoms. The maximum Gasteiger partial charge on any atom is 0.251 e. The van der Waals surface area contributed by atoms with Gasteiger partial charge in [-0.25, -0.2) is 0 Å². The number of rotatable bonds is 6. The van der Waals surface area contributed by atoms with Crippen LogP contribution in [0.4, 0.5) is 5.69 Å². The number of anilines is 1. The Bertz CT molecular complexity index is 975. The van der Waals surface area contributed by atoms with Crippen LogP contribution in [0.2, 0.25) is 0 Å². The first-order chi connectivity index (χ1) is 12.5. The first-order valence-corrected chi connectivity index (χ1v) is 8.70. The Morgan fingerprint density at radius 1 is 1.12 bits per heavy atom. The number of aromatic amines is 1. The Labute approximate surface area is 152 Å². The van der Waals surface area contributed by atoms with Crippen molar-refractivity contribution in [2.24, 2.45) is 0 Å². The summed E-state index contributed by atoms with van der Waals surface area (Å²) in [7, 11) is 0. The Kier molecular flexibility index (Phi) is 5.37. The van der Waals surface area contributed by atoms with Gasteiger partial charge < -0.3 is 15.0 Å². The van der Waals surface area contributed by atoms with Gasteiger partial charge in [0.15, 0.2) is 0 Å². The minimum absolute atomic E-state index is 0.127. The first-order valence-electron chi connectivity index (χ1n) is 8.70. The fourth-order valence-electron chi connectivity index (χ4n) is 2.83. The van der Waals surface area contributed by atoms with Crippen LogP contribution in [0.3, 0.4) is 0 Å². The lowest BCUT2D eigenvalue weighted by Gasteiger charge is -2.08. The molecule has 0 aliphatic rings. The number of ether oxygens (including phenoxy) is 1. The molecular formula is C21H22N2O3. The highest BCUT2D eigenvalue weighted by Gasteiger charge is 2.08. The van der Waals surface area contributed by atoms with Gasteiger partial charge in [0.1, 0.15) is 5.75 Å². The Morgan fingerprint density at radius 2 is 1.88 bits per heavy atom. The minimum Gasteiger partial charge on any atom is -0.494 e. The number of amides is 1. The molecule has 0 aliphatic carbocycles.